The predicted octanol–water partition coefficient (Wildman–Crippen LogP) is 0.679. The zero-order valence-corrected chi connectivity index (χ0v) is 11.8. The second-order valence-electron chi connectivity index (χ2n) is 5.78. The van der Waals surface area contributed by atoms with Gasteiger partial charge in [0.25, 0.3) is 0 Å². The molecule has 0 radical (unpaired) electrons. The number of aromatic nitrogens is 1. The van der Waals surface area contributed by atoms with Crippen molar-refractivity contribution in [2.24, 2.45) is 7.05 Å². The van der Waals surface area contributed by atoms with Crippen LogP contribution in [0.1, 0.15) is 24.3 Å². The van der Waals surface area contributed by atoms with E-state index in [0.29, 0.717) is 25.3 Å². The Labute approximate surface area is 113 Å². The van der Waals surface area contributed by atoms with E-state index in [2.05, 4.69) is 4.90 Å². The molecular weight excluding hydrogens is 244 g/mol. The number of Topliss-reactive ketones (excluding diaryl/α,β-unsaturated/α-hetero) is 1. The van der Waals surface area contributed by atoms with E-state index in [-0.39, 0.29) is 24.1 Å². The maximum Gasteiger partial charge on any atom is 0.193 e. The number of aliphatic hydroxyl groups is 1. The maximum atomic E-state index is 12.2. The summed E-state index contributed by atoms with van der Waals surface area (Å²) in [5.41, 5.74) is 0.380. The Kier molecular flexibility index (Phi) is 4.08. The Morgan fingerprint density at radius 3 is 2.89 bits per heavy atom. The van der Waals surface area contributed by atoms with Crippen LogP contribution >= 0.6 is 0 Å². The van der Waals surface area contributed by atoms with Crippen LogP contribution in [-0.4, -0.2) is 58.3 Å². The molecule has 0 aliphatic carbocycles. The topological polar surface area (TPSA) is 54.7 Å². The van der Waals surface area contributed by atoms with Crippen molar-refractivity contribution in [3.63, 3.8) is 0 Å². The monoisotopic (exact) mass is 266 g/mol. The van der Waals surface area contributed by atoms with Gasteiger partial charge in [-0.2, -0.15) is 0 Å². The number of nitrogens with zero attached hydrogens (tertiary/aromatic N) is 2. The summed E-state index contributed by atoms with van der Waals surface area (Å²) in [5, 5.41) is 9.26. The van der Waals surface area contributed by atoms with E-state index in [9.17, 15) is 9.90 Å². The minimum absolute atomic E-state index is 0.0156. The minimum atomic E-state index is -0.333. The SMILES string of the molecule is Cn1cccc1C(=O)CN1CC(CO)OC(C)(C)C1. The van der Waals surface area contributed by atoms with Crippen LogP contribution in [0.25, 0.3) is 0 Å². The molecule has 1 N–H and O–H groups in total. The van der Waals surface area contributed by atoms with Crippen LogP contribution in [0.4, 0.5) is 0 Å². The molecule has 19 heavy (non-hydrogen) atoms. The Balaban J connectivity index is 2.02. The van der Waals surface area contributed by atoms with Crippen LogP contribution in [0.5, 0.6) is 0 Å². The lowest BCUT2D eigenvalue weighted by Crippen LogP contribution is -2.54. The third-order valence-corrected chi connectivity index (χ3v) is 3.35. The number of ether oxygens (including phenoxy) is 1. The lowest BCUT2D eigenvalue weighted by atomic mass is 10.0. The van der Waals surface area contributed by atoms with Crippen LogP contribution in [-0.2, 0) is 11.8 Å². The fourth-order valence-electron chi connectivity index (χ4n) is 2.67. The molecule has 1 aromatic rings. The van der Waals surface area contributed by atoms with Crippen molar-refractivity contribution in [3.8, 4) is 0 Å². The summed E-state index contributed by atoms with van der Waals surface area (Å²) in [5.74, 6) is 0.0990. The molecule has 5 nitrogen and oxygen atoms in total. The third kappa shape index (κ3) is 3.43. The highest BCUT2D eigenvalue weighted by molar-refractivity contribution is 5.96. The standard InChI is InChI=1S/C14H22N2O3/c1-14(2)10-16(7-11(9-17)19-14)8-13(18)12-5-4-6-15(12)3/h4-6,11,17H,7-10H2,1-3H3. The van der Waals surface area contributed by atoms with Crippen LogP contribution in [0, 0.1) is 0 Å². The third-order valence-electron chi connectivity index (χ3n) is 3.35. The molecule has 1 saturated heterocycles. The first-order valence-corrected chi connectivity index (χ1v) is 6.57. The molecule has 1 aliphatic rings. The lowest BCUT2D eigenvalue weighted by molar-refractivity contribution is -0.146. The second-order valence-corrected chi connectivity index (χ2v) is 5.78. The summed E-state index contributed by atoms with van der Waals surface area (Å²) in [4.78, 5) is 14.3. The van der Waals surface area contributed by atoms with Crippen LogP contribution in [0.2, 0.25) is 0 Å². The summed E-state index contributed by atoms with van der Waals surface area (Å²) in [6, 6.07) is 3.70. The molecule has 0 spiro atoms. The molecule has 0 saturated carbocycles. The van der Waals surface area contributed by atoms with Crippen molar-refractivity contribution in [1.29, 1.82) is 0 Å². The number of ketones is 1. The smallest absolute Gasteiger partial charge is 0.193 e. The summed E-state index contributed by atoms with van der Waals surface area (Å²) in [6.07, 6.45) is 1.65. The zero-order chi connectivity index (χ0) is 14.0. The van der Waals surface area contributed by atoms with Gasteiger partial charge in [0.15, 0.2) is 5.78 Å². The summed E-state index contributed by atoms with van der Waals surface area (Å²) < 4.78 is 7.57. The Morgan fingerprint density at radius 1 is 1.58 bits per heavy atom. The fraction of sp³-hybridized carbons (Fsp3) is 0.643. The van der Waals surface area contributed by atoms with Gasteiger partial charge in [0.1, 0.15) is 0 Å². The number of carbonyl (C=O) groups is 1. The Bertz CT molecular complexity index is 453. The average Bonchev–Trinajstić information content (AvgIpc) is 2.73. The molecular formula is C14H22N2O3. The summed E-state index contributed by atoms with van der Waals surface area (Å²) in [7, 11) is 1.87. The normalized spacial score (nSPS) is 23.5. The molecule has 1 atom stereocenters. The molecule has 5 heteroatoms. The van der Waals surface area contributed by atoms with Crippen molar-refractivity contribution in [1.82, 2.24) is 9.47 Å². The van der Waals surface area contributed by atoms with Crippen LogP contribution < -0.4 is 0 Å². The lowest BCUT2D eigenvalue weighted by Gasteiger charge is -2.42. The van der Waals surface area contributed by atoms with Gasteiger partial charge < -0.3 is 14.4 Å². The molecule has 1 fully saturated rings. The van der Waals surface area contributed by atoms with Crippen molar-refractivity contribution in [2.45, 2.75) is 25.6 Å². The van der Waals surface area contributed by atoms with Crippen LogP contribution in [0.3, 0.4) is 0 Å². The zero-order valence-electron chi connectivity index (χ0n) is 11.8. The fourth-order valence-corrected chi connectivity index (χ4v) is 2.67. The Morgan fingerprint density at radius 2 is 2.32 bits per heavy atom. The average molecular weight is 266 g/mol. The number of carbonyl (C=O) groups excluding carboxylic acids is 1. The number of aliphatic hydroxyl groups excluding tert-OH is 1. The van der Waals surface area contributed by atoms with Gasteiger partial charge in [-0.15, -0.1) is 0 Å². The van der Waals surface area contributed by atoms with Gasteiger partial charge in [0.05, 0.1) is 30.6 Å². The number of hydrogen-bond donors (Lipinski definition) is 1. The molecule has 0 bridgehead atoms. The second kappa shape index (κ2) is 5.45. The molecule has 0 amide bonds. The number of aryl methyl sites for hydroxylation is 1. The van der Waals surface area contributed by atoms with Gasteiger partial charge in [-0.25, -0.2) is 0 Å². The minimum Gasteiger partial charge on any atom is -0.394 e. The van der Waals surface area contributed by atoms with Crippen LogP contribution in [0.15, 0.2) is 18.3 Å². The summed E-state index contributed by atoms with van der Waals surface area (Å²) in [6.45, 7) is 5.60. The highest BCUT2D eigenvalue weighted by Gasteiger charge is 2.33. The molecule has 2 rings (SSSR count). The van der Waals surface area contributed by atoms with Gasteiger partial charge in [-0.05, 0) is 26.0 Å². The molecule has 1 unspecified atom stereocenters. The van der Waals surface area contributed by atoms with E-state index in [1.54, 1.807) is 0 Å². The Hall–Kier alpha value is -1.17. The van der Waals surface area contributed by atoms with E-state index in [1.807, 2.05) is 43.8 Å². The molecule has 1 aliphatic heterocycles. The van der Waals surface area contributed by atoms with Crippen molar-refractivity contribution < 1.29 is 14.6 Å². The van der Waals surface area contributed by atoms with E-state index >= 15 is 0 Å². The van der Waals surface area contributed by atoms with Crippen molar-refractivity contribution in [3.05, 3.63) is 24.0 Å². The van der Waals surface area contributed by atoms with Crippen molar-refractivity contribution in [2.75, 3.05) is 26.2 Å². The number of rotatable bonds is 4. The molecule has 106 valence electrons. The first-order chi connectivity index (χ1) is 8.91. The van der Waals surface area contributed by atoms with E-state index < -0.39 is 0 Å². The van der Waals surface area contributed by atoms with Gasteiger partial charge in [-0.3, -0.25) is 9.69 Å². The number of morpholine rings is 1. The van der Waals surface area contributed by atoms with Gasteiger partial charge in [-0.1, -0.05) is 0 Å². The van der Waals surface area contributed by atoms with Gasteiger partial charge in [0.2, 0.25) is 0 Å². The molecule has 1 aromatic heterocycles. The quantitative estimate of drug-likeness (QED) is 0.814. The predicted molar refractivity (Wildman–Crippen MR) is 72.2 cm³/mol. The molecule has 0 aromatic carbocycles. The van der Waals surface area contributed by atoms with E-state index in [0.717, 1.165) is 0 Å². The summed E-state index contributed by atoms with van der Waals surface area (Å²) >= 11 is 0. The number of hydrogen-bond acceptors (Lipinski definition) is 4. The maximum absolute atomic E-state index is 12.2. The van der Waals surface area contributed by atoms with E-state index in [4.69, 9.17) is 4.74 Å². The largest absolute Gasteiger partial charge is 0.394 e. The first kappa shape index (κ1) is 14.2. The van der Waals surface area contributed by atoms with E-state index in [1.165, 1.54) is 0 Å². The molecule has 2 heterocycles. The highest BCUT2D eigenvalue weighted by atomic mass is 16.5. The van der Waals surface area contributed by atoms with Gasteiger partial charge >= 0.3 is 0 Å². The first-order valence-electron chi connectivity index (χ1n) is 6.57. The van der Waals surface area contributed by atoms with Gasteiger partial charge in [0, 0.05) is 26.3 Å². The highest BCUT2D eigenvalue weighted by Crippen LogP contribution is 2.21. The van der Waals surface area contributed by atoms with Crippen molar-refractivity contribution >= 4 is 5.78 Å².